The Kier molecular flexibility index (Phi) is 3.61. The molecule has 0 bridgehead atoms. The second-order valence-electron chi connectivity index (χ2n) is 4.60. The van der Waals surface area contributed by atoms with Crippen molar-refractivity contribution in [3.8, 4) is 16.9 Å². The van der Waals surface area contributed by atoms with Gasteiger partial charge >= 0.3 is 6.36 Å². The maximum atomic E-state index is 12.2. The lowest BCUT2D eigenvalue weighted by Gasteiger charge is -2.12. The molecule has 0 unspecified atom stereocenters. The molecular weight excluding hydrogens is 267 g/mol. The van der Waals surface area contributed by atoms with Crippen LogP contribution in [0.1, 0.15) is 11.1 Å². The summed E-state index contributed by atoms with van der Waals surface area (Å²) in [4.78, 5) is 0. The van der Waals surface area contributed by atoms with Gasteiger partial charge in [0.1, 0.15) is 5.75 Å². The van der Waals surface area contributed by atoms with E-state index in [-0.39, 0.29) is 5.75 Å². The van der Waals surface area contributed by atoms with Gasteiger partial charge in [0, 0.05) is 5.69 Å². The fourth-order valence-corrected chi connectivity index (χ4v) is 2.01. The van der Waals surface area contributed by atoms with E-state index < -0.39 is 6.36 Å². The molecule has 0 heterocycles. The molecule has 20 heavy (non-hydrogen) atoms. The van der Waals surface area contributed by atoms with Crippen LogP contribution in [0.25, 0.3) is 11.1 Å². The van der Waals surface area contributed by atoms with Crippen LogP contribution in [-0.2, 0) is 0 Å². The highest BCUT2D eigenvalue weighted by atomic mass is 19.4. The van der Waals surface area contributed by atoms with Crippen molar-refractivity contribution in [1.29, 1.82) is 0 Å². The summed E-state index contributed by atoms with van der Waals surface area (Å²) in [5.41, 5.74) is 9.80. The van der Waals surface area contributed by atoms with Crippen molar-refractivity contribution in [2.75, 3.05) is 5.73 Å². The van der Waals surface area contributed by atoms with E-state index >= 15 is 0 Å². The smallest absolute Gasteiger partial charge is 0.406 e. The number of anilines is 1. The molecule has 0 aromatic heterocycles. The Morgan fingerprint density at radius 1 is 0.950 bits per heavy atom. The van der Waals surface area contributed by atoms with Gasteiger partial charge in [0.2, 0.25) is 0 Å². The minimum atomic E-state index is -4.69. The number of nitrogen functional groups attached to an aromatic ring is 1. The molecule has 2 rings (SSSR count). The zero-order valence-corrected chi connectivity index (χ0v) is 11.1. The zero-order valence-electron chi connectivity index (χ0n) is 11.1. The van der Waals surface area contributed by atoms with Crippen molar-refractivity contribution in [2.24, 2.45) is 0 Å². The normalized spacial score (nSPS) is 11.4. The molecular formula is C15H14F3NO. The molecule has 0 saturated carbocycles. The van der Waals surface area contributed by atoms with Crippen LogP contribution in [0.5, 0.6) is 5.75 Å². The fraction of sp³-hybridized carbons (Fsp3) is 0.200. The van der Waals surface area contributed by atoms with Crippen molar-refractivity contribution in [2.45, 2.75) is 20.2 Å². The van der Waals surface area contributed by atoms with E-state index in [1.165, 1.54) is 18.2 Å². The molecule has 2 N–H and O–H groups in total. The van der Waals surface area contributed by atoms with E-state index in [2.05, 4.69) is 4.74 Å². The van der Waals surface area contributed by atoms with E-state index in [1.807, 2.05) is 26.0 Å². The Morgan fingerprint density at radius 2 is 1.55 bits per heavy atom. The van der Waals surface area contributed by atoms with Crippen LogP contribution in [0, 0.1) is 13.8 Å². The molecule has 0 aliphatic heterocycles. The first-order valence-corrected chi connectivity index (χ1v) is 5.99. The lowest BCUT2D eigenvalue weighted by Crippen LogP contribution is -2.17. The lowest BCUT2D eigenvalue weighted by atomic mass is 9.99. The van der Waals surface area contributed by atoms with Crippen LogP contribution >= 0.6 is 0 Å². The molecule has 0 amide bonds. The first kappa shape index (κ1) is 14.2. The summed E-state index contributed by atoms with van der Waals surface area (Å²) in [7, 11) is 0. The Labute approximate surface area is 115 Å². The van der Waals surface area contributed by atoms with Gasteiger partial charge in [0.05, 0.1) is 0 Å². The molecule has 2 aromatic rings. The fourth-order valence-electron chi connectivity index (χ4n) is 2.01. The van der Waals surface area contributed by atoms with E-state index in [0.29, 0.717) is 11.3 Å². The first-order chi connectivity index (χ1) is 9.26. The zero-order chi connectivity index (χ0) is 14.9. The average Bonchev–Trinajstić information content (AvgIpc) is 2.33. The molecule has 2 nitrogen and oxygen atoms in total. The number of hydrogen-bond acceptors (Lipinski definition) is 2. The van der Waals surface area contributed by atoms with E-state index in [9.17, 15) is 13.2 Å². The van der Waals surface area contributed by atoms with Crippen molar-refractivity contribution in [1.82, 2.24) is 0 Å². The van der Waals surface area contributed by atoms with Gasteiger partial charge in [-0.3, -0.25) is 0 Å². The van der Waals surface area contributed by atoms with Gasteiger partial charge in [0.15, 0.2) is 0 Å². The second kappa shape index (κ2) is 5.07. The summed E-state index contributed by atoms with van der Waals surface area (Å²) in [6, 6.07) is 9.57. The number of aryl methyl sites for hydroxylation is 2. The number of nitrogens with two attached hydrogens (primary N) is 1. The number of rotatable bonds is 2. The Bertz CT molecular complexity index is 612. The molecule has 0 atom stereocenters. The van der Waals surface area contributed by atoms with Crippen LogP contribution in [0.2, 0.25) is 0 Å². The van der Waals surface area contributed by atoms with E-state index in [1.54, 1.807) is 6.07 Å². The third kappa shape index (κ3) is 3.23. The predicted molar refractivity (Wildman–Crippen MR) is 72.4 cm³/mol. The second-order valence-corrected chi connectivity index (χ2v) is 4.60. The van der Waals surface area contributed by atoms with Crippen molar-refractivity contribution in [3.05, 3.63) is 47.5 Å². The molecule has 0 fully saturated rings. The lowest BCUT2D eigenvalue weighted by molar-refractivity contribution is -0.274. The molecule has 0 aliphatic carbocycles. The van der Waals surface area contributed by atoms with Crippen molar-refractivity contribution in [3.63, 3.8) is 0 Å². The maximum Gasteiger partial charge on any atom is 0.573 e. The number of hydrogen-bond donors (Lipinski definition) is 1. The van der Waals surface area contributed by atoms with Gasteiger partial charge in [-0.05, 0) is 60.4 Å². The molecule has 0 radical (unpaired) electrons. The Balaban J connectivity index is 2.41. The van der Waals surface area contributed by atoms with Crippen molar-refractivity contribution < 1.29 is 17.9 Å². The quantitative estimate of drug-likeness (QED) is 0.825. The van der Waals surface area contributed by atoms with Crippen LogP contribution in [0.3, 0.4) is 0 Å². The number of halogens is 3. The van der Waals surface area contributed by atoms with Crippen LogP contribution in [-0.4, -0.2) is 6.36 Å². The third-order valence-corrected chi connectivity index (χ3v) is 2.99. The standard InChI is InChI=1S/C15H14F3NO/c1-9-6-12(7-10(2)14(9)19)11-4-3-5-13(8-11)20-15(16,17)18/h3-8H,19H2,1-2H3. The van der Waals surface area contributed by atoms with Gasteiger partial charge in [-0.25, -0.2) is 0 Å². The van der Waals surface area contributed by atoms with Gasteiger partial charge in [-0.2, -0.15) is 0 Å². The summed E-state index contributed by atoms with van der Waals surface area (Å²) in [6.45, 7) is 3.73. The summed E-state index contributed by atoms with van der Waals surface area (Å²) in [5, 5.41) is 0. The third-order valence-electron chi connectivity index (χ3n) is 2.99. The molecule has 5 heteroatoms. The minimum Gasteiger partial charge on any atom is -0.406 e. The van der Waals surface area contributed by atoms with E-state index in [4.69, 9.17) is 5.73 Å². The summed E-state index contributed by atoms with van der Waals surface area (Å²) >= 11 is 0. The maximum absolute atomic E-state index is 12.2. The molecule has 0 aliphatic rings. The summed E-state index contributed by atoms with van der Waals surface area (Å²) < 4.78 is 40.6. The minimum absolute atomic E-state index is 0.234. The van der Waals surface area contributed by atoms with E-state index in [0.717, 1.165) is 16.7 Å². The molecule has 2 aromatic carbocycles. The number of ether oxygens (including phenoxy) is 1. The van der Waals surface area contributed by atoms with Crippen LogP contribution in [0.15, 0.2) is 36.4 Å². The molecule has 0 saturated heterocycles. The molecule has 106 valence electrons. The first-order valence-electron chi connectivity index (χ1n) is 5.99. The largest absolute Gasteiger partial charge is 0.573 e. The van der Waals surface area contributed by atoms with Crippen molar-refractivity contribution >= 4 is 5.69 Å². The monoisotopic (exact) mass is 281 g/mol. The van der Waals surface area contributed by atoms with Gasteiger partial charge in [-0.1, -0.05) is 12.1 Å². The SMILES string of the molecule is Cc1cc(-c2cccc(OC(F)(F)F)c2)cc(C)c1N. The number of benzene rings is 2. The van der Waals surface area contributed by atoms with Crippen LogP contribution in [0.4, 0.5) is 18.9 Å². The Morgan fingerprint density at radius 3 is 2.10 bits per heavy atom. The average molecular weight is 281 g/mol. The van der Waals surface area contributed by atoms with Gasteiger partial charge in [0.25, 0.3) is 0 Å². The highest BCUT2D eigenvalue weighted by Gasteiger charge is 2.31. The van der Waals surface area contributed by atoms with Gasteiger partial charge < -0.3 is 10.5 Å². The highest BCUT2D eigenvalue weighted by molar-refractivity contribution is 5.71. The highest BCUT2D eigenvalue weighted by Crippen LogP contribution is 2.30. The Hall–Kier alpha value is -2.17. The van der Waals surface area contributed by atoms with Gasteiger partial charge in [-0.15, -0.1) is 13.2 Å². The predicted octanol–water partition coefficient (Wildman–Crippen LogP) is 4.45. The number of alkyl halides is 3. The summed E-state index contributed by atoms with van der Waals surface area (Å²) in [5.74, 6) is -0.234. The molecule has 0 spiro atoms. The summed E-state index contributed by atoms with van der Waals surface area (Å²) in [6.07, 6.45) is -4.69. The van der Waals surface area contributed by atoms with Crippen LogP contribution < -0.4 is 10.5 Å². The topological polar surface area (TPSA) is 35.2 Å².